The number of anilines is 2. The van der Waals surface area contributed by atoms with Gasteiger partial charge in [0.2, 0.25) is 17.7 Å². The number of ether oxygens (including phenoxy) is 2. The highest BCUT2D eigenvalue weighted by molar-refractivity contribution is 5.98. The van der Waals surface area contributed by atoms with Gasteiger partial charge < -0.3 is 25.0 Å². The van der Waals surface area contributed by atoms with Crippen LogP contribution in [0.15, 0.2) is 97.1 Å². The molecule has 0 aliphatic carbocycles. The van der Waals surface area contributed by atoms with Crippen LogP contribution < -0.4 is 20.1 Å². The highest BCUT2D eigenvalue weighted by Gasteiger charge is 2.34. The Morgan fingerprint density at radius 1 is 0.667 bits per heavy atom. The van der Waals surface area contributed by atoms with E-state index < -0.39 is 6.04 Å². The molecule has 2 N–H and O–H groups in total. The second-order valence-corrected chi connectivity index (χ2v) is 13.4. The van der Waals surface area contributed by atoms with Crippen LogP contribution in [0.2, 0.25) is 0 Å². The minimum absolute atomic E-state index is 0.0757. The van der Waals surface area contributed by atoms with Gasteiger partial charge in [0, 0.05) is 36.4 Å². The van der Waals surface area contributed by atoms with Crippen molar-refractivity contribution < 1.29 is 28.7 Å². The minimum Gasteiger partial charge on any atom is -0.494 e. The maximum atomic E-state index is 13.3. The van der Waals surface area contributed by atoms with E-state index in [2.05, 4.69) is 10.6 Å². The van der Waals surface area contributed by atoms with Crippen molar-refractivity contribution >= 4 is 41.2 Å². The van der Waals surface area contributed by atoms with Crippen molar-refractivity contribution in [3.63, 3.8) is 0 Å². The second kappa shape index (κ2) is 19.0. The molecule has 0 spiro atoms. The summed E-state index contributed by atoms with van der Waals surface area (Å²) >= 11 is 0. The first kappa shape index (κ1) is 38.3. The molecule has 2 aliphatic heterocycles. The van der Waals surface area contributed by atoms with E-state index in [0.29, 0.717) is 57.2 Å². The van der Waals surface area contributed by atoms with Gasteiger partial charge in [-0.1, -0.05) is 72.8 Å². The van der Waals surface area contributed by atoms with E-state index in [-0.39, 0.29) is 30.2 Å². The van der Waals surface area contributed by atoms with Crippen LogP contribution in [0.3, 0.4) is 0 Å². The van der Waals surface area contributed by atoms with Gasteiger partial charge in [-0.2, -0.15) is 5.06 Å². The van der Waals surface area contributed by atoms with Gasteiger partial charge in [0.15, 0.2) is 0 Å². The number of carbonyl (C=O) groups is 3. The van der Waals surface area contributed by atoms with Crippen molar-refractivity contribution in [2.45, 2.75) is 64.5 Å². The zero-order chi connectivity index (χ0) is 37.7. The summed E-state index contributed by atoms with van der Waals surface area (Å²) in [6.45, 7) is 6.77. The van der Waals surface area contributed by atoms with Gasteiger partial charge in [-0.05, 0) is 92.6 Å². The minimum atomic E-state index is -0.505. The molecule has 6 rings (SSSR count). The number of likely N-dealkylation sites (tertiary alicyclic amines) is 1. The molecule has 3 amide bonds. The first-order chi connectivity index (χ1) is 26.4. The van der Waals surface area contributed by atoms with E-state index >= 15 is 0 Å². The largest absolute Gasteiger partial charge is 0.494 e. The molecule has 0 aromatic heterocycles. The lowest BCUT2D eigenvalue weighted by Crippen LogP contribution is -2.43. The summed E-state index contributed by atoms with van der Waals surface area (Å²) in [4.78, 5) is 47.5. The van der Waals surface area contributed by atoms with Crippen molar-refractivity contribution in [2.24, 2.45) is 0 Å². The Kier molecular flexibility index (Phi) is 13.5. The van der Waals surface area contributed by atoms with Crippen molar-refractivity contribution in [3.05, 3.63) is 119 Å². The number of amides is 3. The van der Waals surface area contributed by atoms with Crippen LogP contribution in [-0.2, 0) is 32.1 Å². The maximum Gasteiger partial charge on any atom is 0.247 e. The monoisotopic (exact) mass is 730 g/mol. The van der Waals surface area contributed by atoms with Crippen molar-refractivity contribution in [3.8, 4) is 11.5 Å². The van der Waals surface area contributed by atoms with Crippen LogP contribution >= 0.6 is 0 Å². The van der Waals surface area contributed by atoms with Crippen molar-refractivity contribution in [2.75, 3.05) is 43.5 Å². The summed E-state index contributed by atoms with van der Waals surface area (Å²) in [5, 5.41) is 7.86. The maximum absolute atomic E-state index is 13.3. The predicted octanol–water partition coefficient (Wildman–Crippen LogP) is 7.40. The lowest BCUT2D eigenvalue weighted by Gasteiger charge is -2.24. The average Bonchev–Trinajstić information content (AvgIpc) is 3.88. The molecule has 2 heterocycles. The lowest BCUT2D eigenvalue weighted by molar-refractivity contribution is -0.173. The zero-order valence-electron chi connectivity index (χ0n) is 31.2. The molecule has 0 bridgehead atoms. The van der Waals surface area contributed by atoms with E-state index in [1.165, 1.54) is 0 Å². The van der Waals surface area contributed by atoms with Crippen LogP contribution in [0.1, 0.15) is 61.8 Å². The van der Waals surface area contributed by atoms with Gasteiger partial charge in [0.05, 0.1) is 26.2 Å². The quantitative estimate of drug-likeness (QED) is 0.116. The summed E-state index contributed by atoms with van der Waals surface area (Å²) in [6.07, 6.45) is 7.95. The Morgan fingerprint density at radius 2 is 1.19 bits per heavy atom. The molecule has 4 aromatic carbocycles. The van der Waals surface area contributed by atoms with Crippen molar-refractivity contribution in [1.82, 2.24) is 9.96 Å². The smallest absolute Gasteiger partial charge is 0.247 e. The fourth-order valence-electron chi connectivity index (χ4n) is 6.98. The summed E-state index contributed by atoms with van der Waals surface area (Å²) in [5.74, 6) is 1.24. The number of hydrogen-bond acceptors (Lipinski definition) is 7. The molecule has 4 aromatic rings. The number of nitrogens with one attached hydrogen (secondary N) is 2. The molecular weight excluding hydrogens is 681 g/mol. The van der Waals surface area contributed by atoms with Gasteiger partial charge in [-0.25, -0.2) is 0 Å². The summed E-state index contributed by atoms with van der Waals surface area (Å²) in [7, 11) is 0. The third-order valence-electron chi connectivity index (χ3n) is 9.72. The van der Waals surface area contributed by atoms with Crippen LogP contribution in [0, 0.1) is 0 Å². The van der Waals surface area contributed by atoms with E-state index in [0.717, 1.165) is 53.0 Å². The summed E-state index contributed by atoms with van der Waals surface area (Å²) in [6, 6.07) is 30.0. The number of hydrogen-bond donors (Lipinski definition) is 2. The lowest BCUT2D eigenvalue weighted by atomic mass is 10.1. The molecule has 2 aliphatic rings. The Bertz CT molecular complexity index is 1890. The number of carbonyl (C=O) groups excluding carboxylic acids is 3. The van der Waals surface area contributed by atoms with Gasteiger partial charge in [0.25, 0.3) is 0 Å². The molecule has 2 atom stereocenters. The van der Waals surface area contributed by atoms with Crippen LogP contribution in [-0.4, -0.2) is 72.7 Å². The molecule has 282 valence electrons. The molecular formula is C44H50N4O6. The first-order valence-corrected chi connectivity index (χ1v) is 19.0. The first-order valence-electron chi connectivity index (χ1n) is 19.0. The zero-order valence-corrected chi connectivity index (χ0v) is 31.2. The molecule has 2 saturated heterocycles. The molecule has 10 heteroatoms. The normalized spacial score (nSPS) is 17.1. The number of benzene rings is 4. The molecule has 2 fully saturated rings. The van der Waals surface area contributed by atoms with E-state index in [1.807, 2.05) is 128 Å². The second-order valence-electron chi connectivity index (χ2n) is 13.4. The average molecular weight is 731 g/mol. The van der Waals surface area contributed by atoms with Gasteiger partial charge in [0.1, 0.15) is 23.6 Å². The Balaban J connectivity index is 0.960. The fourth-order valence-corrected chi connectivity index (χ4v) is 6.98. The van der Waals surface area contributed by atoms with Crippen LogP contribution in [0.25, 0.3) is 12.2 Å². The summed E-state index contributed by atoms with van der Waals surface area (Å²) < 4.78 is 11.4. The van der Waals surface area contributed by atoms with Crippen LogP contribution in [0.5, 0.6) is 11.5 Å². The van der Waals surface area contributed by atoms with Gasteiger partial charge in [-0.15, -0.1) is 0 Å². The number of nitrogens with zero attached hydrogens (tertiary/aromatic N) is 2. The molecule has 54 heavy (non-hydrogen) atoms. The van der Waals surface area contributed by atoms with Gasteiger partial charge in [-0.3, -0.25) is 19.2 Å². The molecule has 0 unspecified atom stereocenters. The Labute approximate surface area is 318 Å². The van der Waals surface area contributed by atoms with Crippen LogP contribution in [0.4, 0.5) is 11.4 Å². The number of rotatable bonds is 16. The standard InChI is InChI=1S/C44H50N4O6/c1-3-52-40-15-7-5-11-34(40)27-30-54-48-29-10-14-39(48)44(51)46-37-25-21-33(22-26-37)18-17-32-19-23-36(24-20-32)45-43(50)38-13-9-28-47(38)42(49)31-35-12-6-8-16-41(35)53-4-2/h5-8,11-12,15-26,38-39H,3-4,9-10,13-14,27-31H2,1-2H3,(H,45,50)(H,46,51)/b18-17+/t38-,39-/m0/s1. The predicted molar refractivity (Wildman–Crippen MR) is 212 cm³/mol. The fraction of sp³-hybridized carbons (Fsp3) is 0.341. The molecule has 0 radical (unpaired) electrons. The third kappa shape index (κ3) is 10.1. The Hall–Kier alpha value is -5.45. The molecule has 10 nitrogen and oxygen atoms in total. The summed E-state index contributed by atoms with van der Waals surface area (Å²) in [5.41, 5.74) is 5.28. The Morgan fingerprint density at radius 3 is 1.80 bits per heavy atom. The van der Waals surface area contributed by atoms with Crippen molar-refractivity contribution in [1.29, 1.82) is 0 Å². The topological polar surface area (TPSA) is 109 Å². The number of hydroxylamine groups is 2. The third-order valence-corrected chi connectivity index (χ3v) is 9.72. The highest BCUT2D eigenvalue weighted by Crippen LogP contribution is 2.25. The molecule has 0 saturated carbocycles. The van der Waals surface area contributed by atoms with Gasteiger partial charge >= 0.3 is 0 Å². The number of para-hydroxylation sites is 2. The van der Waals surface area contributed by atoms with E-state index in [9.17, 15) is 14.4 Å². The van der Waals surface area contributed by atoms with E-state index in [4.69, 9.17) is 14.3 Å². The SMILES string of the molecule is CCOc1ccccc1CCON1CCC[C@H]1C(=O)Nc1ccc(/C=C/c2ccc(NC(=O)[C@@H]3CCCN3C(=O)Cc3ccccc3OCC)cc2)cc1. The van der Waals surface area contributed by atoms with E-state index in [1.54, 1.807) is 4.90 Å². The highest BCUT2D eigenvalue weighted by atomic mass is 16.7.